The number of non-ortho nitro benzene ring substituents is 1. The van der Waals surface area contributed by atoms with Crippen LogP contribution in [0.2, 0.25) is 5.02 Å². The largest absolute Gasteiger partial charge is 0.435 e. The van der Waals surface area contributed by atoms with E-state index in [0.29, 0.717) is 6.07 Å². The van der Waals surface area contributed by atoms with Crippen molar-refractivity contribution in [2.45, 2.75) is 18.5 Å². The molecule has 0 saturated carbocycles. The van der Waals surface area contributed by atoms with E-state index in [-0.39, 0.29) is 16.7 Å². The lowest BCUT2D eigenvalue weighted by Crippen LogP contribution is -2.28. The molecular formula is C19H8ClF9N4O3. The van der Waals surface area contributed by atoms with Crippen LogP contribution in [0.4, 0.5) is 56.8 Å². The number of hydrogen-bond donors (Lipinski definition) is 1. The number of aromatic nitrogens is 2. The monoisotopic (exact) mass is 546 g/mol. The standard InChI is InChI=1S/C19H8ClF9N4O3/c20-13-14(19(27,28)29)31-16(32(15(13)34)9-2-4-10(5-3-9)33(35)36)30-12-6-1-8(17(21,22)23)7-11(12)18(24,25)26/h1-7H,(H,30,31). The second-order valence-corrected chi connectivity index (χ2v) is 7.27. The van der Waals surface area contributed by atoms with Gasteiger partial charge in [0.2, 0.25) is 5.95 Å². The zero-order chi connectivity index (χ0) is 27.2. The summed E-state index contributed by atoms with van der Waals surface area (Å²) in [6.45, 7) is 0. The van der Waals surface area contributed by atoms with Crippen LogP contribution in [0.15, 0.2) is 47.3 Å². The molecule has 0 aliphatic heterocycles. The SMILES string of the molecule is O=c1c(Cl)c(C(F)(F)F)nc(Nc2ccc(C(F)(F)F)cc2C(F)(F)F)n1-c1ccc([N+](=O)[O-])cc1. The highest BCUT2D eigenvalue weighted by molar-refractivity contribution is 6.31. The van der Waals surface area contributed by atoms with Gasteiger partial charge in [-0.15, -0.1) is 0 Å². The van der Waals surface area contributed by atoms with E-state index in [1.807, 2.05) is 5.32 Å². The molecule has 0 radical (unpaired) electrons. The lowest BCUT2D eigenvalue weighted by atomic mass is 10.1. The molecular weight excluding hydrogens is 539 g/mol. The fourth-order valence-corrected chi connectivity index (χ4v) is 3.15. The van der Waals surface area contributed by atoms with E-state index < -0.39 is 73.9 Å². The average molecular weight is 547 g/mol. The quantitative estimate of drug-likeness (QED) is 0.226. The second-order valence-electron chi connectivity index (χ2n) is 6.89. The van der Waals surface area contributed by atoms with Gasteiger partial charge in [-0.3, -0.25) is 14.9 Å². The van der Waals surface area contributed by atoms with Gasteiger partial charge in [0.15, 0.2) is 5.69 Å². The predicted octanol–water partition coefficient (Wildman–Crippen LogP) is 6.59. The van der Waals surface area contributed by atoms with Crippen LogP contribution in [0.25, 0.3) is 5.69 Å². The van der Waals surface area contributed by atoms with Crippen molar-refractivity contribution in [3.8, 4) is 5.69 Å². The van der Waals surface area contributed by atoms with Crippen molar-refractivity contribution in [1.29, 1.82) is 0 Å². The minimum absolute atomic E-state index is 0.229. The Morgan fingerprint density at radius 1 is 0.889 bits per heavy atom. The number of hydrogen-bond acceptors (Lipinski definition) is 5. The Hall–Kier alpha value is -3.82. The van der Waals surface area contributed by atoms with Crippen molar-refractivity contribution in [3.05, 3.63) is 84.8 Å². The van der Waals surface area contributed by atoms with Crippen molar-refractivity contribution >= 4 is 28.9 Å². The van der Waals surface area contributed by atoms with E-state index in [9.17, 15) is 54.4 Å². The van der Waals surface area contributed by atoms with Crippen LogP contribution in [-0.4, -0.2) is 14.5 Å². The van der Waals surface area contributed by atoms with Gasteiger partial charge in [-0.25, -0.2) is 9.55 Å². The number of alkyl halides is 9. The summed E-state index contributed by atoms with van der Waals surface area (Å²) < 4.78 is 120. The Bertz CT molecular complexity index is 1380. The molecule has 0 aliphatic rings. The van der Waals surface area contributed by atoms with Gasteiger partial charge >= 0.3 is 18.5 Å². The van der Waals surface area contributed by atoms with Gasteiger partial charge in [-0.2, -0.15) is 39.5 Å². The van der Waals surface area contributed by atoms with Crippen molar-refractivity contribution in [1.82, 2.24) is 9.55 Å². The van der Waals surface area contributed by atoms with E-state index in [4.69, 9.17) is 11.6 Å². The van der Waals surface area contributed by atoms with Crippen LogP contribution >= 0.6 is 11.6 Å². The normalized spacial score (nSPS) is 12.5. The minimum atomic E-state index is -5.42. The van der Waals surface area contributed by atoms with Gasteiger partial charge in [0.1, 0.15) is 5.02 Å². The number of benzene rings is 2. The van der Waals surface area contributed by atoms with Gasteiger partial charge in [-0.1, -0.05) is 11.6 Å². The summed E-state index contributed by atoms with van der Waals surface area (Å²) in [5.74, 6) is -1.21. The summed E-state index contributed by atoms with van der Waals surface area (Å²) >= 11 is 5.51. The predicted molar refractivity (Wildman–Crippen MR) is 106 cm³/mol. The van der Waals surface area contributed by atoms with Crippen molar-refractivity contribution in [2.24, 2.45) is 0 Å². The van der Waals surface area contributed by atoms with Gasteiger partial charge in [0.05, 0.1) is 27.4 Å². The molecule has 1 aromatic heterocycles. The third-order valence-electron chi connectivity index (χ3n) is 4.51. The van der Waals surface area contributed by atoms with Crippen LogP contribution in [0.5, 0.6) is 0 Å². The molecule has 192 valence electrons. The van der Waals surface area contributed by atoms with Crippen LogP contribution in [-0.2, 0) is 18.5 Å². The fraction of sp³-hybridized carbons (Fsp3) is 0.158. The molecule has 7 nitrogen and oxygen atoms in total. The Morgan fingerprint density at radius 3 is 1.94 bits per heavy atom. The Balaban J connectivity index is 2.30. The summed E-state index contributed by atoms with van der Waals surface area (Å²) in [5.41, 5.74) is -9.33. The average Bonchev–Trinajstić information content (AvgIpc) is 2.74. The number of nitro benzene ring substituents is 1. The molecule has 3 rings (SSSR count). The summed E-state index contributed by atoms with van der Waals surface area (Å²) in [4.78, 5) is 25.8. The molecule has 0 saturated heterocycles. The van der Waals surface area contributed by atoms with Crippen LogP contribution < -0.4 is 10.9 Å². The van der Waals surface area contributed by atoms with Crippen LogP contribution in [0, 0.1) is 10.1 Å². The first-order valence-corrected chi connectivity index (χ1v) is 9.49. The first-order chi connectivity index (χ1) is 16.4. The zero-order valence-electron chi connectivity index (χ0n) is 16.9. The molecule has 0 fully saturated rings. The molecule has 36 heavy (non-hydrogen) atoms. The molecule has 0 unspecified atom stereocenters. The number of nitro groups is 1. The van der Waals surface area contributed by atoms with Gasteiger partial charge in [-0.05, 0) is 30.3 Å². The highest BCUT2D eigenvalue weighted by atomic mass is 35.5. The van der Waals surface area contributed by atoms with Crippen LogP contribution in [0.3, 0.4) is 0 Å². The topological polar surface area (TPSA) is 90.1 Å². The van der Waals surface area contributed by atoms with E-state index in [0.717, 1.165) is 24.3 Å². The van der Waals surface area contributed by atoms with Crippen molar-refractivity contribution < 1.29 is 44.4 Å². The summed E-state index contributed by atoms with van der Waals surface area (Å²) in [6, 6.07) is 3.64. The smallest absolute Gasteiger partial charge is 0.325 e. The fourth-order valence-electron chi connectivity index (χ4n) is 2.92. The molecule has 0 spiro atoms. The van der Waals surface area contributed by atoms with Gasteiger partial charge < -0.3 is 5.32 Å². The van der Waals surface area contributed by atoms with Crippen molar-refractivity contribution in [3.63, 3.8) is 0 Å². The summed E-state index contributed by atoms with van der Waals surface area (Å²) in [7, 11) is 0. The Kier molecular flexibility index (Phi) is 6.69. The zero-order valence-corrected chi connectivity index (χ0v) is 17.6. The lowest BCUT2D eigenvalue weighted by Gasteiger charge is -2.20. The van der Waals surface area contributed by atoms with Gasteiger partial charge in [0, 0.05) is 12.1 Å². The first-order valence-electron chi connectivity index (χ1n) is 9.11. The summed E-state index contributed by atoms with van der Waals surface area (Å²) in [5, 5.41) is 11.2. The van der Waals surface area contributed by atoms with E-state index in [1.54, 1.807) is 0 Å². The van der Waals surface area contributed by atoms with Crippen molar-refractivity contribution in [2.75, 3.05) is 5.32 Å². The third-order valence-corrected chi connectivity index (χ3v) is 4.85. The molecule has 0 aliphatic carbocycles. The Morgan fingerprint density at radius 2 is 1.47 bits per heavy atom. The molecule has 0 amide bonds. The highest BCUT2D eigenvalue weighted by Gasteiger charge is 2.40. The number of anilines is 2. The number of rotatable bonds is 4. The first kappa shape index (κ1) is 26.8. The highest BCUT2D eigenvalue weighted by Crippen LogP contribution is 2.41. The minimum Gasteiger partial charge on any atom is -0.325 e. The molecule has 1 N–H and O–H groups in total. The second kappa shape index (κ2) is 9.00. The van der Waals surface area contributed by atoms with E-state index >= 15 is 0 Å². The van der Waals surface area contributed by atoms with E-state index in [2.05, 4.69) is 4.98 Å². The Labute approximate surface area is 197 Å². The number of nitrogens with zero attached hydrogens (tertiary/aromatic N) is 3. The maximum absolute atomic E-state index is 13.5. The summed E-state index contributed by atoms with van der Waals surface area (Å²) in [6.07, 6.45) is -15.9. The molecule has 17 heteroatoms. The molecule has 0 atom stereocenters. The molecule has 0 bridgehead atoms. The van der Waals surface area contributed by atoms with Crippen LogP contribution in [0.1, 0.15) is 16.8 Å². The maximum atomic E-state index is 13.5. The van der Waals surface area contributed by atoms with E-state index in [1.165, 1.54) is 0 Å². The number of nitrogens with one attached hydrogen (secondary N) is 1. The third kappa shape index (κ3) is 5.37. The molecule has 2 aromatic carbocycles. The maximum Gasteiger partial charge on any atom is 0.435 e. The molecule has 3 aromatic rings. The number of halogens is 10. The molecule has 1 heterocycles. The van der Waals surface area contributed by atoms with Gasteiger partial charge in [0.25, 0.3) is 11.2 Å². The lowest BCUT2D eigenvalue weighted by molar-refractivity contribution is -0.384.